The number of carbonyl (C=O) groups is 1. The molecule has 1 heterocycles. The minimum atomic E-state index is -0.944. The highest BCUT2D eigenvalue weighted by Crippen LogP contribution is 2.27. The summed E-state index contributed by atoms with van der Waals surface area (Å²) < 4.78 is 1.96. The molecule has 17 heavy (non-hydrogen) atoms. The molecule has 0 aliphatic heterocycles. The van der Waals surface area contributed by atoms with E-state index in [0.29, 0.717) is 5.39 Å². The van der Waals surface area contributed by atoms with Crippen molar-refractivity contribution in [1.82, 2.24) is 4.57 Å². The molecular weight excluding hydrogens is 218 g/mol. The fraction of sp³-hybridized carbons (Fsp3) is 0.308. The van der Waals surface area contributed by atoms with Crippen molar-refractivity contribution in [3.8, 4) is 0 Å². The van der Waals surface area contributed by atoms with E-state index in [0.717, 1.165) is 11.2 Å². The van der Waals surface area contributed by atoms with E-state index in [9.17, 15) is 9.90 Å². The highest BCUT2D eigenvalue weighted by Gasteiger charge is 2.15. The Morgan fingerprint density at radius 2 is 2.12 bits per heavy atom. The van der Waals surface area contributed by atoms with Gasteiger partial charge in [0.15, 0.2) is 0 Å². The van der Waals surface area contributed by atoms with Gasteiger partial charge in [-0.3, -0.25) is 0 Å². The molecule has 2 rings (SSSR count). The molecule has 0 atom stereocenters. The normalized spacial score (nSPS) is 11.3. The number of carboxylic acids is 1. The van der Waals surface area contributed by atoms with E-state index < -0.39 is 5.97 Å². The summed E-state index contributed by atoms with van der Waals surface area (Å²) in [5, 5.41) is 19.1. The van der Waals surface area contributed by atoms with E-state index in [4.69, 9.17) is 5.11 Å². The molecule has 90 valence electrons. The van der Waals surface area contributed by atoms with Crippen LogP contribution in [0.25, 0.3) is 10.9 Å². The Bertz CT molecular complexity index is 569. The van der Waals surface area contributed by atoms with Gasteiger partial charge < -0.3 is 14.8 Å². The summed E-state index contributed by atoms with van der Waals surface area (Å²) in [6.07, 6.45) is 0. The Labute approximate surface area is 99.1 Å². The Kier molecular flexibility index (Phi) is 2.90. The number of aromatic carboxylic acids is 1. The van der Waals surface area contributed by atoms with Crippen LogP contribution in [0.1, 0.15) is 35.9 Å². The average molecular weight is 233 g/mol. The van der Waals surface area contributed by atoms with E-state index in [-0.39, 0.29) is 18.2 Å². The molecule has 0 amide bonds. The zero-order valence-electron chi connectivity index (χ0n) is 9.84. The molecule has 0 aliphatic carbocycles. The van der Waals surface area contributed by atoms with Gasteiger partial charge in [0.1, 0.15) is 0 Å². The van der Waals surface area contributed by atoms with E-state index in [1.54, 1.807) is 18.2 Å². The standard InChI is InChI=1S/C13H15NO3/c1-8(2)14-9(7-15)6-11-10(13(16)17)4-3-5-12(11)14/h3-6,8,15H,7H2,1-2H3,(H,16,17). The van der Waals surface area contributed by atoms with Crippen molar-refractivity contribution >= 4 is 16.9 Å². The van der Waals surface area contributed by atoms with Gasteiger partial charge >= 0.3 is 5.97 Å². The third-order valence-corrected chi connectivity index (χ3v) is 2.87. The topological polar surface area (TPSA) is 62.5 Å². The van der Waals surface area contributed by atoms with Crippen LogP contribution in [0.3, 0.4) is 0 Å². The maximum absolute atomic E-state index is 11.1. The van der Waals surface area contributed by atoms with Crippen LogP contribution in [0.5, 0.6) is 0 Å². The van der Waals surface area contributed by atoms with Crippen molar-refractivity contribution in [3.05, 3.63) is 35.5 Å². The highest BCUT2D eigenvalue weighted by molar-refractivity contribution is 6.03. The summed E-state index contributed by atoms with van der Waals surface area (Å²) in [7, 11) is 0. The number of aliphatic hydroxyl groups excluding tert-OH is 1. The molecule has 2 N–H and O–H groups in total. The summed E-state index contributed by atoms with van der Waals surface area (Å²) in [4.78, 5) is 11.1. The van der Waals surface area contributed by atoms with Gasteiger partial charge in [0, 0.05) is 22.6 Å². The first-order valence-corrected chi connectivity index (χ1v) is 5.53. The number of rotatable bonds is 3. The van der Waals surface area contributed by atoms with Crippen LogP contribution in [0.15, 0.2) is 24.3 Å². The largest absolute Gasteiger partial charge is 0.478 e. The second-order valence-electron chi connectivity index (χ2n) is 4.30. The lowest BCUT2D eigenvalue weighted by molar-refractivity contribution is 0.0699. The number of aromatic nitrogens is 1. The number of carboxylic acid groups (broad SMARTS) is 1. The first kappa shape index (κ1) is 11.7. The molecule has 0 aliphatic rings. The van der Waals surface area contributed by atoms with Gasteiger partial charge in [0.25, 0.3) is 0 Å². The maximum atomic E-state index is 11.1. The number of hydrogen-bond donors (Lipinski definition) is 2. The molecule has 1 aromatic heterocycles. The predicted molar refractivity (Wildman–Crippen MR) is 65.2 cm³/mol. The molecule has 0 fully saturated rings. The van der Waals surface area contributed by atoms with Crippen LogP contribution in [0.2, 0.25) is 0 Å². The van der Waals surface area contributed by atoms with Crippen LogP contribution in [0, 0.1) is 0 Å². The highest BCUT2D eigenvalue weighted by atomic mass is 16.4. The molecule has 4 nitrogen and oxygen atoms in total. The number of hydrogen-bond acceptors (Lipinski definition) is 2. The van der Waals surface area contributed by atoms with Gasteiger partial charge in [0.2, 0.25) is 0 Å². The van der Waals surface area contributed by atoms with E-state index in [1.807, 2.05) is 24.5 Å². The van der Waals surface area contributed by atoms with Crippen molar-refractivity contribution in [1.29, 1.82) is 0 Å². The lowest BCUT2D eigenvalue weighted by atomic mass is 10.1. The third-order valence-electron chi connectivity index (χ3n) is 2.87. The summed E-state index contributed by atoms with van der Waals surface area (Å²) in [5.41, 5.74) is 1.87. The minimum Gasteiger partial charge on any atom is -0.478 e. The fourth-order valence-electron chi connectivity index (χ4n) is 2.22. The first-order valence-electron chi connectivity index (χ1n) is 5.53. The van der Waals surface area contributed by atoms with Gasteiger partial charge in [-0.1, -0.05) is 6.07 Å². The molecule has 0 spiro atoms. The average Bonchev–Trinajstić information content (AvgIpc) is 2.66. The van der Waals surface area contributed by atoms with Crippen LogP contribution >= 0.6 is 0 Å². The monoisotopic (exact) mass is 233 g/mol. The number of nitrogens with zero attached hydrogens (tertiary/aromatic N) is 1. The molecule has 1 aromatic carbocycles. The Balaban J connectivity index is 2.82. The Morgan fingerprint density at radius 3 is 2.65 bits per heavy atom. The molecule has 2 aromatic rings. The van der Waals surface area contributed by atoms with E-state index in [1.165, 1.54) is 0 Å². The minimum absolute atomic E-state index is 0.0914. The molecule has 0 bridgehead atoms. The summed E-state index contributed by atoms with van der Waals surface area (Å²) in [5.74, 6) is -0.944. The number of benzene rings is 1. The predicted octanol–water partition coefficient (Wildman–Crippen LogP) is 2.41. The zero-order chi connectivity index (χ0) is 12.6. The lowest BCUT2D eigenvalue weighted by Crippen LogP contribution is -2.05. The summed E-state index contributed by atoms with van der Waals surface area (Å²) in [6, 6.07) is 7.11. The van der Waals surface area contributed by atoms with Gasteiger partial charge in [-0.2, -0.15) is 0 Å². The van der Waals surface area contributed by atoms with Gasteiger partial charge in [-0.05, 0) is 32.0 Å². The molecule has 0 saturated heterocycles. The summed E-state index contributed by atoms with van der Waals surface area (Å²) >= 11 is 0. The lowest BCUT2D eigenvalue weighted by Gasteiger charge is -2.13. The third kappa shape index (κ3) is 1.80. The Morgan fingerprint density at radius 1 is 1.41 bits per heavy atom. The molecular formula is C13H15NO3. The van der Waals surface area contributed by atoms with Crippen molar-refractivity contribution in [2.75, 3.05) is 0 Å². The van der Waals surface area contributed by atoms with Gasteiger partial charge in [0.05, 0.1) is 12.2 Å². The first-order chi connectivity index (χ1) is 8.06. The molecule has 0 unspecified atom stereocenters. The van der Waals surface area contributed by atoms with Crippen LogP contribution in [0.4, 0.5) is 0 Å². The van der Waals surface area contributed by atoms with Crippen LogP contribution in [-0.4, -0.2) is 20.7 Å². The summed E-state index contributed by atoms with van der Waals surface area (Å²) in [6.45, 7) is 3.92. The van der Waals surface area contributed by atoms with Crippen molar-refractivity contribution in [3.63, 3.8) is 0 Å². The van der Waals surface area contributed by atoms with Crippen LogP contribution < -0.4 is 0 Å². The molecule has 4 heteroatoms. The zero-order valence-corrected chi connectivity index (χ0v) is 9.84. The van der Waals surface area contributed by atoms with Crippen LogP contribution in [-0.2, 0) is 6.61 Å². The maximum Gasteiger partial charge on any atom is 0.336 e. The fourth-order valence-corrected chi connectivity index (χ4v) is 2.22. The quantitative estimate of drug-likeness (QED) is 0.855. The molecule has 0 saturated carbocycles. The molecule has 0 radical (unpaired) electrons. The smallest absolute Gasteiger partial charge is 0.336 e. The number of fused-ring (bicyclic) bond motifs is 1. The van der Waals surface area contributed by atoms with E-state index >= 15 is 0 Å². The SMILES string of the molecule is CC(C)n1c(CO)cc2c(C(=O)O)cccc21. The van der Waals surface area contributed by atoms with Crippen molar-refractivity contribution in [2.45, 2.75) is 26.5 Å². The van der Waals surface area contributed by atoms with Gasteiger partial charge in [-0.15, -0.1) is 0 Å². The second-order valence-corrected chi connectivity index (χ2v) is 4.30. The second kappa shape index (κ2) is 4.22. The van der Waals surface area contributed by atoms with E-state index in [2.05, 4.69) is 0 Å². The Hall–Kier alpha value is -1.81. The van der Waals surface area contributed by atoms with Crippen molar-refractivity contribution in [2.24, 2.45) is 0 Å². The van der Waals surface area contributed by atoms with Gasteiger partial charge in [-0.25, -0.2) is 4.79 Å². The number of aliphatic hydroxyl groups is 1. The van der Waals surface area contributed by atoms with Crippen molar-refractivity contribution < 1.29 is 15.0 Å².